The molecule has 11 heteroatoms. The van der Waals surface area contributed by atoms with E-state index in [1.54, 1.807) is 12.3 Å². The van der Waals surface area contributed by atoms with E-state index in [9.17, 15) is 14.4 Å². The van der Waals surface area contributed by atoms with E-state index in [1.807, 2.05) is 37.3 Å². The van der Waals surface area contributed by atoms with Gasteiger partial charge in [0.15, 0.2) is 10.3 Å². The lowest BCUT2D eigenvalue weighted by molar-refractivity contribution is -0.142. The van der Waals surface area contributed by atoms with Gasteiger partial charge in [-0.15, -0.1) is 22.7 Å². The number of carbonyl (C=O) groups excluding carboxylic acids is 2. The van der Waals surface area contributed by atoms with E-state index in [2.05, 4.69) is 20.3 Å². The van der Waals surface area contributed by atoms with Crippen LogP contribution in [-0.2, 0) is 20.7 Å². The largest absolute Gasteiger partial charge is 0.466 e. The first-order chi connectivity index (χ1) is 15.9. The molecule has 0 atom stereocenters. The molecule has 0 unspecified atom stereocenters. The number of thiazole rings is 1. The number of hydrogen-bond acceptors (Lipinski definition) is 9. The number of aromatic nitrogens is 3. The normalized spacial score (nSPS) is 11.0. The van der Waals surface area contributed by atoms with Gasteiger partial charge in [-0.05, 0) is 19.4 Å². The van der Waals surface area contributed by atoms with Crippen LogP contribution >= 0.6 is 34.4 Å². The number of fused-ring (bicyclic) bond motifs is 1. The van der Waals surface area contributed by atoms with Gasteiger partial charge < -0.3 is 15.0 Å². The molecular formula is C22H20N4O4S3. The molecule has 0 bridgehead atoms. The van der Waals surface area contributed by atoms with Crippen molar-refractivity contribution < 1.29 is 14.3 Å². The third kappa shape index (κ3) is 5.49. The molecule has 0 radical (unpaired) electrons. The van der Waals surface area contributed by atoms with Gasteiger partial charge in [-0.2, -0.15) is 0 Å². The minimum atomic E-state index is -0.360. The minimum absolute atomic E-state index is 0.0527. The van der Waals surface area contributed by atoms with Crippen LogP contribution < -0.4 is 10.9 Å². The number of carbonyl (C=O) groups is 2. The smallest absolute Gasteiger partial charge is 0.311 e. The molecule has 3 heterocycles. The summed E-state index contributed by atoms with van der Waals surface area (Å²) in [6, 6.07) is 9.74. The summed E-state index contributed by atoms with van der Waals surface area (Å²) in [6.07, 6.45) is 0.0608. The number of rotatable bonds is 8. The van der Waals surface area contributed by atoms with Gasteiger partial charge in [-0.1, -0.05) is 42.1 Å². The number of esters is 1. The number of thioether (sulfide) groups is 1. The maximum atomic E-state index is 12.8. The van der Waals surface area contributed by atoms with Gasteiger partial charge in [0.05, 0.1) is 29.9 Å². The van der Waals surface area contributed by atoms with Crippen LogP contribution in [0.5, 0.6) is 0 Å². The van der Waals surface area contributed by atoms with Crippen molar-refractivity contribution in [3.63, 3.8) is 0 Å². The van der Waals surface area contributed by atoms with Crippen LogP contribution in [-0.4, -0.2) is 39.2 Å². The number of aryl methyl sites for hydroxylation is 1. The van der Waals surface area contributed by atoms with Gasteiger partial charge in [-0.3, -0.25) is 14.4 Å². The van der Waals surface area contributed by atoms with E-state index in [4.69, 9.17) is 4.74 Å². The summed E-state index contributed by atoms with van der Waals surface area (Å²) < 4.78 is 4.90. The van der Waals surface area contributed by atoms with E-state index >= 15 is 0 Å². The van der Waals surface area contributed by atoms with Crippen LogP contribution in [0.2, 0.25) is 0 Å². The van der Waals surface area contributed by atoms with Crippen molar-refractivity contribution in [3.8, 4) is 11.1 Å². The first-order valence-corrected chi connectivity index (χ1v) is 12.7. The number of anilines is 1. The number of hydrogen-bond donors (Lipinski definition) is 2. The molecule has 0 saturated carbocycles. The second-order valence-corrected chi connectivity index (χ2v) is 9.94. The maximum absolute atomic E-state index is 12.8. The molecule has 1 aromatic carbocycles. The molecule has 3 aromatic heterocycles. The topological polar surface area (TPSA) is 114 Å². The van der Waals surface area contributed by atoms with Crippen molar-refractivity contribution in [1.82, 2.24) is 15.0 Å². The molecule has 170 valence electrons. The third-order valence-electron chi connectivity index (χ3n) is 4.55. The Labute approximate surface area is 201 Å². The highest BCUT2D eigenvalue weighted by molar-refractivity contribution is 7.99. The number of nitrogens with one attached hydrogen (secondary N) is 2. The summed E-state index contributed by atoms with van der Waals surface area (Å²) in [4.78, 5) is 49.9. The van der Waals surface area contributed by atoms with Crippen LogP contribution in [0.1, 0.15) is 17.5 Å². The van der Waals surface area contributed by atoms with Crippen LogP contribution in [0.3, 0.4) is 0 Å². The summed E-state index contributed by atoms with van der Waals surface area (Å²) in [5.41, 5.74) is 2.18. The van der Waals surface area contributed by atoms with Crippen molar-refractivity contribution in [3.05, 3.63) is 56.6 Å². The number of nitrogens with zero attached hydrogens (tertiary/aromatic N) is 2. The van der Waals surface area contributed by atoms with E-state index in [0.29, 0.717) is 32.8 Å². The molecule has 0 aliphatic rings. The Balaban J connectivity index is 1.43. The van der Waals surface area contributed by atoms with E-state index < -0.39 is 0 Å². The molecule has 0 saturated heterocycles. The number of thiophene rings is 1. The fraction of sp³-hybridized carbons (Fsp3) is 0.227. The standard InChI is InChI=1S/C22H20N4O4S3/c1-3-30-16(28)9-14-10-31-21(23-14)24-15(27)11-32-22-25-19(29)18-17(12(2)33-20(18)26-22)13-7-5-4-6-8-13/h4-8,10H,3,9,11H2,1-2H3,(H,23,24,27)(H,25,26,29). The average molecular weight is 501 g/mol. The number of benzene rings is 1. The molecule has 0 aliphatic heterocycles. The number of H-pyrrole nitrogens is 1. The van der Waals surface area contributed by atoms with Gasteiger partial charge in [0, 0.05) is 15.8 Å². The van der Waals surface area contributed by atoms with Gasteiger partial charge in [0.2, 0.25) is 5.91 Å². The zero-order valence-electron chi connectivity index (χ0n) is 17.8. The Bertz CT molecular complexity index is 1360. The number of amides is 1. The van der Waals surface area contributed by atoms with Crippen LogP contribution in [0.25, 0.3) is 21.3 Å². The lowest BCUT2D eigenvalue weighted by Gasteiger charge is -2.03. The Kier molecular flexibility index (Phi) is 7.21. The predicted octanol–water partition coefficient (Wildman–Crippen LogP) is 4.25. The summed E-state index contributed by atoms with van der Waals surface area (Å²) >= 11 is 3.84. The summed E-state index contributed by atoms with van der Waals surface area (Å²) in [6.45, 7) is 4.02. The molecule has 0 spiro atoms. The van der Waals surface area contributed by atoms with Crippen LogP contribution in [0, 0.1) is 6.92 Å². The Morgan fingerprint density at radius 2 is 2.00 bits per heavy atom. The summed E-state index contributed by atoms with van der Waals surface area (Å²) in [7, 11) is 0. The van der Waals surface area contributed by atoms with Crippen molar-refractivity contribution in [2.45, 2.75) is 25.4 Å². The van der Waals surface area contributed by atoms with E-state index in [-0.39, 0.29) is 29.6 Å². The predicted molar refractivity (Wildman–Crippen MR) is 132 cm³/mol. The monoisotopic (exact) mass is 500 g/mol. The van der Waals surface area contributed by atoms with Gasteiger partial charge >= 0.3 is 5.97 Å². The zero-order valence-corrected chi connectivity index (χ0v) is 20.3. The molecule has 4 aromatic rings. The van der Waals surface area contributed by atoms with Crippen molar-refractivity contribution in [2.75, 3.05) is 17.7 Å². The van der Waals surface area contributed by atoms with Crippen LogP contribution in [0.4, 0.5) is 5.13 Å². The fourth-order valence-corrected chi connectivity index (χ4v) is 5.71. The molecule has 1 amide bonds. The maximum Gasteiger partial charge on any atom is 0.311 e. The number of aromatic amines is 1. The molecule has 2 N–H and O–H groups in total. The van der Waals surface area contributed by atoms with Crippen molar-refractivity contribution in [1.29, 1.82) is 0 Å². The summed E-state index contributed by atoms with van der Waals surface area (Å²) in [5.74, 6) is -0.593. The Hall–Kier alpha value is -3.02. The Morgan fingerprint density at radius 1 is 1.21 bits per heavy atom. The molecular weight excluding hydrogens is 480 g/mol. The fourth-order valence-electron chi connectivity index (χ4n) is 3.21. The second-order valence-electron chi connectivity index (χ2n) is 6.91. The second kappa shape index (κ2) is 10.3. The zero-order chi connectivity index (χ0) is 23.4. The van der Waals surface area contributed by atoms with Gasteiger partial charge in [0.25, 0.3) is 5.56 Å². The third-order valence-corrected chi connectivity index (χ3v) is 7.23. The lowest BCUT2D eigenvalue weighted by atomic mass is 10.0. The highest BCUT2D eigenvalue weighted by Crippen LogP contribution is 2.35. The van der Waals surface area contributed by atoms with Crippen molar-refractivity contribution >= 4 is 61.7 Å². The number of ether oxygens (including phenoxy) is 1. The summed E-state index contributed by atoms with van der Waals surface area (Å²) in [5, 5.41) is 5.75. The average Bonchev–Trinajstić information content (AvgIpc) is 3.36. The highest BCUT2D eigenvalue weighted by Gasteiger charge is 2.17. The van der Waals surface area contributed by atoms with Crippen molar-refractivity contribution in [2.24, 2.45) is 0 Å². The van der Waals surface area contributed by atoms with Gasteiger partial charge in [-0.25, -0.2) is 9.97 Å². The van der Waals surface area contributed by atoms with E-state index in [1.165, 1.54) is 22.7 Å². The Morgan fingerprint density at radius 3 is 2.76 bits per heavy atom. The first-order valence-electron chi connectivity index (χ1n) is 10.1. The SMILES string of the molecule is CCOC(=O)Cc1csc(NC(=O)CSc2nc3sc(C)c(-c4ccccc4)c3c(=O)[nH]2)n1. The molecule has 0 fully saturated rings. The molecule has 0 aliphatic carbocycles. The highest BCUT2D eigenvalue weighted by atomic mass is 32.2. The molecule has 33 heavy (non-hydrogen) atoms. The minimum Gasteiger partial charge on any atom is -0.466 e. The molecule has 4 rings (SSSR count). The van der Waals surface area contributed by atoms with Crippen LogP contribution in [0.15, 0.2) is 45.7 Å². The quantitative estimate of drug-likeness (QED) is 0.211. The lowest BCUT2D eigenvalue weighted by Crippen LogP contribution is -2.15. The molecule has 8 nitrogen and oxygen atoms in total. The van der Waals surface area contributed by atoms with Gasteiger partial charge in [0.1, 0.15) is 4.83 Å². The van der Waals surface area contributed by atoms with E-state index in [0.717, 1.165) is 27.8 Å². The first kappa shape index (κ1) is 23.1.